The second-order valence-electron chi connectivity index (χ2n) is 5.80. The van der Waals surface area contributed by atoms with Gasteiger partial charge in [0, 0.05) is 10.2 Å². The van der Waals surface area contributed by atoms with Crippen molar-refractivity contribution in [3.05, 3.63) is 77.2 Å². The van der Waals surface area contributed by atoms with E-state index < -0.39 is 0 Å². The Kier molecular flexibility index (Phi) is 4.86. The fourth-order valence-corrected chi connectivity index (χ4v) is 3.42. The predicted octanol–water partition coefficient (Wildman–Crippen LogP) is 5.31. The van der Waals surface area contributed by atoms with Gasteiger partial charge in [0.05, 0.1) is 23.5 Å². The lowest BCUT2D eigenvalue weighted by Gasteiger charge is -2.11. The van der Waals surface area contributed by atoms with Crippen LogP contribution in [0.25, 0.3) is 11.0 Å². The molecule has 1 N–H and O–H groups in total. The first-order valence-electron chi connectivity index (χ1n) is 8.09. The normalized spacial score (nSPS) is 12.2. The number of rotatable bonds is 5. The molecular weight excluding hydrogens is 414 g/mol. The van der Waals surface area contributed by atoms with E-state index in [-0.39, 0.29) is 5.38 Å². The summed E-state index contributed by atoms with van der Waals surface area (Å²) in [6, 6.07) is 17.9. The van der Waals surface area contributed by atoms with Crippen LogP contribution in [0.5, 0.6) is 0 Å². The fraction of sp³-hybridized carbons (Fsp3) is 0.105. The van der Waals surface area contributed by atoms with Gasteiger partial charge in [-0.1, -0.05) is 52.3 Å². The average molecular weight is 429 g/mol. The van der Waals surface area contributed by atoms with Gasteiger partial charge in [-0.05, 0) is 23.8 Å². The maximum absolute atomic E-state index is 6.56. The largest absolute Gasteiger partial charge is 0.339 e. The van der Waals surface area contributed by atoms with Gasteiger partial charge in [0.1, 0.15) is 12.1 Å². The van der Waals surface area contributed by atoms with E-state index in [0.717, 1.165) is 26.8 Å². The van der Waals surface area contributed by atoms with Crippen molar-refractivity contribution in [3.8, 4) is 0 Å². The number of nitrogens with one attached hydrogen (secondary N) is 1. The van der Waals surface area contributed by atoms with E-state index in [1.54, 1.807) is 6.20 Å². The Hall–Kier alpha value is -2.44. The van der Waals surface area contributed by atoms with E-state index in [0.29, 0.717) is 12.4 Å². The molecule has 4 rings (SSSR count). The minimum atomic E-state index is -0.184. The van der Waals surface area contributed by atoms with Crippen LogP contribution < -0.4 is 5.32 Å². The fourth-order valence-electron chi connectivity index (χ4n) is 2.75. The number of benzene rings is 2. The molecule has 0 aliphatic heterocycles. The number of fused-ring (bicyclic) bond motifs is 1. The first-order valence-corrected chi connectivity index (χ1v) is 9.32. The molecule has 0 fully saturated rings. The Morgan fingerprint density at radius 2 is 1.92 bits per heavy atom. The zero-order valence-electron chi connectivity index (χ0n) is 13.7. The number of anilines is 2. The molecule has 7 heteroatoms. The van der Waals surface area contributed by atoms with E-state index in [4.69, 9.17) is 11.6 Å². The molecule has 0 aliphatic carbocycles. The molecule has 0 bridgehead atoms. The van der Waals surface area contributed by atoms with Gasteiger partial charge in [-0.25, -0.2) is 14.6 Å². The summed E-state index contributed by atoms with van der Waals surface area (Å²) in [4.78, 5) is 8.75. The van der Waals surface area contributed by atoms with Crippen molar-refractivity contribution in [1.29, 1.82) is 0 Å². The van der Waals surface area contributed by atoms with Crippen molar-refractivity contribution in [1.82, 2.24) is 19.7 Å². The molecule has 0 amide bonds. The highest BCUT2D eigenvalue weighted by Crippen LogP contribution is 2.27. The summed E-state index contributed by atoms with van der Waals surface area (Å²) < 4.78 is 2.81. The van der Waals surface area contributed by atoms with Gasteiger partial charge in [0.2, 0.25) is 0 Å². The SMILES string of the molecule is ClC(Cn1ncc2c(Nc3cccc(Br)c3)ncnc21)c1ccccc1. The summed E-state index contributed by atoms with van der Waals surface area (Å²) >= 11 is 10.0. The van der Waals surface area contributed by atoms with Crippen LogP contribution in [-0.2, 0) is 6.54 Å². The summed E-state index contributed by atoms with van der Waals surface area (Å²) in [6.45, 7) is 0.530. The molecule has 5 nitrogen and oxygen atoms in total. The summed E-state index contributed by atoms with van der Waals surface area (Å²) in [5, 5.41) is 8.45. The molecule has 1 atom stereocenters. The van der Waals surface area contributed by atoms with Crippen LogP contribution in [0.15, 0.2) is 71.6 Å². The van der Waals surface area contributed by atoms with Crippen molar-refractivity contribution in [3.63, 3.8) is 0 Å². The maximum atomic E-state index is 6.56. The number of aromatic nitrogens is 4. The maximum Gasteiger partial charge on any atom is 0.163 e. The van der Waals surface area contributed by atoms with E-state index in [9.17, 15) is 0 Å². The molecule has 130 valence electrons. The number of nitrogens with zero attached hydrogens (tertiary/aromatic N) is 4. The Bertz CT molecular complexity index is 1030. The first kappa shape index (κ1) is 17.0. The lowest BCUT2D eigenvalue weighted by atomic mass is 10.1. The predicted molar refractivity (Wildman–Crippen MR) is 108 cm³/mol. The molecular formula is C19H15BrClN5. The van der Waals surface area contributed by atoms with Crippen molar-refractivity contribution in [2.24, 2.45) is 0 Å². The highest BCUT2D eigenvalue weighted by molar-refractivity contribution is 9.10. The van der Waals surface area contributed by atoms with Crippen molar-refractivity contribution in [2.75, 3.05) is 5.32 Å². The van der Waals surface area contributed by atoms with Crippen LogP contribution >= 0.6 is 27.5 Å². The molecule has 26 heavy (non-hydrogen) atoms. The van der Waals surface area contributed by atoms with E-state index >= 15 is 0 Å². The quantitative estimate of drug-likeness (QED) is 0.438. The number of hydrogen-bond acceptors (Lipinski definition) is 4. The molecule has 0 aliphatic rings. The Labute approximate surface area is 164 Å². The summed E-state index contributed by atoms with van der Waals surface area (Å²) in [6.07, 6.45) is 3.30. The number of hydrogen-bond donors (Lipinski definition) is 1. The minimum absolute atomic E-state index is 0.184. The van der Waals surface area contributed by atoms with Gasteiger partial charge >= 0.3 is 0 Å². The second-order valence-corrected chi connectivity index (χ2v) is 7.24. The standard InChI is InChI=1S/C19H15BrClN5/c20-14-7-4-8-15(9-14)25-18-16-10-24-26(19(16)23-12-22-18)11-17(21)13-5-2-1-3-6-13/h1-10,12,17H,11H2,(H,22,23,25). The molecule has 4 aromatic rings. The van der Waals surface area contributed by atoms with Crippen molar-refractivity contribution < 1.29 is 0 Å². The van der Waals surface area contributed by atoms with Gasteiger partial charge in [-0.15, -0.1) is 11.6 Å². The van der Waals surface area contributed by atoms with Crippen LogP contribution in [0, 0.1) is 0 Å². The lowest BCUT2D eigenvalue weighted by Crippen LogP contribution is -2.07. The summed E-state index contributed by atoms with van der Waals surface area (Å²) in [5.41, 5.74) is 2.74. The third-order valence-corrected chi connectivity index (χ3v) is 4.90. The van der Waals surface area contributed by atoms with E-state index in [1.165, 1.54) is 6.33 Å². The monoisotopic (exact) mass is 427 g/mol. The molecule has 0 saturated carbocycles. The second kappa shape index (κ2) is 7.43. The van der Waals surface area contributed by atoms with Crippen LogP contribution in [0.4, 0.5) is 11.5 Å². The van der Waals surface area contributed by atoms with Crippen LogP contribution in [0.3, 0.4) is 0 Å². The number of alkyl halides is 1. The minimum Gasteiger partial charge on any atom is -0.339 e. The number of halogens is 2. The van der Waals surface area contributed by atoms with Crippen LogP contribution in [0.2, 0.25) is 0 Å². The van der Waals surface area contributed by atoms with Gasteiger partial charge in [-0.2, -0.15) is 5.10 Å². The van der Waals surface area contributed by atoms with Crippen LogP contribution in [-0.4, -0.2) is 19.7 Å². The van der Waals surface area contributed by atoms with Gasteiger partial charge < -0.3 is 5.32 Å². The highest BCUT2D eigenvalue weighted by Gasteiger charge is 2.14. The molecule has 2 aromatic carbocycles. The molecule has 0 spiro atoms. The molecule has 2 heterocycles. The van der Waals surface area contributed by atoms with Gasteiger partial charge in [0.25, 0.3) is 0 Å². The Morgan fingerprint density at radius 3 is 2.73 bits per heavy atom. The van der Waals surface area contributed by atoms with Crippen molar-refractivity contribution >= 4 is 50.1 Å². The first-order chi connectivity index (χ1) is 12.7. The third-order valence-electron chi connectivity index (χ3n) is 4.02. The lowest BCUT2D eigenvalue weighted by molar-refractivity contribution is 0.615. The third kappa shape index (κ3) is 3.57. The smallest absolute Gasteiger partial charge is 0.163 e. The molecule has 1 unspecified atom stereocenters. The molecule has 2 aromatic heterocycles. The average Bonchev–Trinajstić information content (AvgIpc) is 3.06. The van der Waals surface area contributed by atoms with Crippen molar-refractivity contribution in [2.45, 2.75) is 11.9 Å². The van der Waals surface area contributed by atoms with E-state index in [1.807, 2.05) is 59.3 Å². The zero-order valence-corrected chi connectivity index (χ0v) is 16.0. The summed E-state index contributed by atoms with van der Waals surface area (Å²) in [7, 11) is 0. The van der Waals surface area contributed by atoms with Gasteiger partial charge in [0.15, 0.2) is 5.65 Å². The highest BCUT2D eigenvalue weighted by atomic mass is 79.9. The van der Waals surface area contributed by atoms with E-state index in [2.05, 4.69) is 36.3 Å². The van der Waals surface area contributed by atoms with Gasteiger partial charge in [-0.3, -0.25) is 0 Å². The summed E-state index contributed by atoms with van der Waals surface area (Å²) in [5.74, 6) is 0.713. The Morgan fingerprint density at radius 1 is 1.08 bits per heavy atom. The topological polar surface area (TPSA) is 55.6 Å². The molecule has 0 radical (unpaired) electrons. The Balaban J connectivity index is 1.63. The van der Waals surface area contributed by atoms with Crippen LogP contribution in [0.1, 0.15) is 10.9 Å². The zero-order chi connectivity index (χ0) is 17.9. The molecule has 0 saturated heterocycles.